The quantitative estimate of drug-likeness (QED) is 0.838. The zero-order valence-corrected chi connectivity index (χ0v) is 12.4. The monoisotopic (exact) mass is 282 g/mol. The average molecular weight is 283 g/mol. The van der Waals surface area contributed by atoms with Gasteiger partial charge in [0.15, 0.2) is 0 Å². The number of rotatable bonds is 3. The topological polar surface area (TPSA) is 58.2 Å². The molecule has 1 rings (SSSR count). The lowest BCUT2D eigenvalue weighted by Gasteiger charge is -2.20. The predicted octanol–water partition coefficient (Wildman–Crippen LogP) is 2.89. The number of halogens is 1. The van der Waals surface area contributed by atoms with Gasteiger partial charge in [0.05, 0.1) is 0 Å². The van der Waals surface area contributed by atoms with E-state index >= 15 is 0 Å². The van der Waals surface area contributed by atoms with Gasteiger partial charge in [-0.2, -0.15) is 0 Å². The molecule has 0 saturated carbocycles. The first-order valence-electron chi connectivity index (χ1n) is 6.04. The molecule has 0 aliphatic heterocycles. The highest BCUT2D eigenvalue weighted by Crippen LogP contribution is 2.19. The van der Waals surface area contributed by atoms with Gasteiger partial charge in [-0.1, -0.05) is 11.6 Å². The molecule has 0 bridgehead atoms. The number of nitrogens with one attached hydrogen (secondary N) is 2. The largest absolute Gasteiger partial charge is 0.351 e. The van der Waals surface area contributed by atoms with E-state index in [2.05, 4.69) is 10.6 Å². The van der Waals surface area contributed by atoms with Crippen molar-refractivity contribution < 1.29 is 9.59 Å². The second-order valence-corrected chi connectivity index (χ2v) is 5.92. The van der Waals surface area contributed by atoms with Crippen molar-refractivity contribution in [3.8, 4) is 0 Å². The molecule has 1 aromatic rings. The lowest BCUT2D eigenvalue weighted by molar-refractivity contribution is -0.127. The van der Waals surface area contributed by atoms with Crippen molar-refractivity contribution in [2.45, 2.75) is 39.7 Å². The number of hydrogen-bond donors (Lipinski definition) is 2. The zero-order valence-electron chi connectivity index (χ0n) is 11.6. The van der Waals surface area contributed by atoms with Crippen LogP contribution in [0.5, 0.6) is 0 Å². The molecule has 0 aliphatic rings. The Morgan fingerprint density at radius 3 is 2.37 bits per heavy atom. The number of benzene rings is 1. The van der Waals surface area contributed by atoms with Gasteiger partial charge >= 0.3 is 0 Å². The lowest BCUT2D eigenvalue weighted by atomic mass is 10.1. The molecule has 0 unspecified atom stereocenters. The maximum absolute atomic E-state index is 11.7. The highest BCUT2D eigenvalue weighted by atomic mass is 35.5. The van der Waals surface area contributed by atoms with Crippen LogP contribution in [-0.2, 0) is 9.59 Å². The molecule has 4 nitrogen and oxygen atoms in total. The normalized spacial score (nSPS) is 11.0. The molecule has 0 spiro atoms. The number of anilines is 1. The third-order valence-electron chi connectivity index (χ3n) is 2.30. The summed E-state index contributed by atoms with van der Waals surface area (Å²) in [5.41, 5.74) is 1.18. The minimum atomic E-state index is -0.341. The molecule has 0 saturated heterocycles. The van der Waals surface area contributed by atoms with Gasteiger partial charge in [-0.15, -0.1) is 0 Å². The number of hydrogen-bond acceptors (Lipinski definition) is 2. The summed E-state index contributed by atoms with van der Waals surface area (Å²) in [7, 11) is 0. The summed E-state index contributed by atoms with van der Waals surface area (Å²) in [5, 5.41) is 6.05. The molecule has 0 heterocycles. The van der Waals surface area contributed by atoms with E-state index in [-0.39, 0.29) is 23.8 Å². The second kappa shape index (κ2) is 6.06. The first-order chi connectivity index (χ1) is 8.67. The van der Waals surface area contributed by atoms with Gasteiger partial charge in [0.25, 0.3) is 0 Å². The van der Waals surface area contributed by atoms with Crippen molar-refractivity contribution in [2.75, 3.05) is 5.32 Å². The van der Waals surface area contributed by atoms with Crippen LogP contribution in [0.3, 0.4) is 0 Å². The molecular weight excluding hydrogens is 264 g/mol. The molecule has 2 N–H and O–H groups in total. The van der Waals surface area contributed by atoms with Gasteiger partial charge in [0, 0.05) is 16.2 Å². The zero-order chi connectivity index (χ0) is 14.6. The van der Waals surface area contributed by atoms with Crippen LogP contribution in [-0.4, -0.2) is 17.4 Å². The van der Waals surface area contributed by atoms with E-state index in [9.17, 15) is 9.59 Å². The molecular formula is C14H19ClN2O2. The lowest BCUT2D eigenvalue weighted by Crippen LogP contribution is -2.41. The number of carbonyl (C=O) groups is 2. The van der Waals surface area contributed by atoms with Gasteiger partial charge < -0.3 is 10.6 Å². The van der Waals surface area contributed by atoms with Crippen LogP contribution in [0.25, 0.3) is 0 Å². The highest BCUT2D eigenvalue weighted by Gasteiger charge is 2.16. The van der Waals surface area contributed by atoms with Gasteiger partial charge in [-0.3, -0.25) is 9.59 Å². The standard InChI is InChI=1S/C14H19ClN2O2/c1-9-7-10(15)5-6-11(9)16-12(18)8-13(19)17-14(2,3)4/h5-7H,8H2,1-4H3,(H,16,18)(H,17,19). The van der Waals surface area contributed by atoms with Crippen LogP contribution in [0.1, 0.15) is 32.8 Å². The highest BCUT2D eigenvalue weighted by molar-refractivity contribution is 6.30. The van der Waals surface area contributed by atoms with Gasteiger partial charge in [-0.25, -0.2) is 0 Å². The summed E-state index contributed by atoms with van der Waals surface area (Å²) in [6.07, 6.45) is -0.195. The fourth-order valence-corrected chi connectivity index (χ4v) is 1.80. The van der Waals surface area contributed by atoms with Crippen LogP contribution < -0.4 is 10.6 Å². The smallest absolute Gasteiger partial charge is 0.233 e. The first kappa shape index (κ1) is 15.5. The van der Waals surface area contributed by atoms with E-state index in [1.54, 1.807) is 18.2 Å². The molecule has 2 amide bonds. The summed E-state index contributed by atoms with van der Waals surface area (Å²) in [6, 6.07) is 5.17. The van der Waals surface area contributed by atoms with E-state index in [0.717, 1.165) is 5.56 Å². The Balaban J connectivity index is 2.58. The van der Waals surface area contributed by atoms with E-state index in [0.29, 0.717) is 10.7 Å². The molecule has 1 aromatic carbocycles. The van der Waals surface area contributed by atoms with Gasteiger partial charge in [0.1, 0.15) is 6.42 Å². The van der Waals surface area contributed by atoms with Crippen LogP contribution in [0.15, 0.2) is 18.2 Å². The Morgan fingerprint density at radius 2 is 1.84 bits per heavy atom. The van der Waals surface area contributed by atoms with Crippen LogP contribution >= 0.6 is 11.6 Å². The van der Waals surface area contributed by atoms with E-state index in [1.807, 2.05) is 27.7 Å². The average Bonchev–Trinajstić information content (AvgIpc) is 2.19. The van der Waals surface area contributed by atoms with Gasteiger partial charge in [0.2, 0.25) is 11.8 Å². The van der Waals surface area contributed by atoms with Crippen molar-refractivity contribution in [1.29, 1.82) is 0 Å². The van der Waals surface area contributed by atoms with Crippen LogP contribution in [0.4, 0.5) is 5.69 Å². The Morgan fingerprint density at radius 1 is 1.21 bits per heavy atom. The van der Waals surface area contributed by atoms with Crippen LogP contribution in [0, 0.1) is 6.92 Å². The summed E-state index contributed by atoms with van der Waals surface area (Å²) in [4.78, 5) is 23.3. The second-order valence-electron chi connectivity index (χ2n) is 5.48. The van der Waals surface area contributed by atoms with Crippen molar-refractivity contribution in [2.24, 2.45) is 0 Å². The van der Waals surface area contributed by atoms with Crippen molar-refractivity contribution in [3.63, 3.8) is 0 Å². The number of aryl methyl sites for hydroxylation is 1. The Kier molecular flexibility index (Phi) is 4.95. The summed E-state index contributed by atoms with van der Waals surface area (Å²) in [6.45, 7) is 7.45. The molecule has 104 valence electrons. The number of carbonyl (C=O) groups excluding carboxylic acids is 2. The summed E-state index contributed by atoms with van der Waals surface area (Å²) >= 11 is 5.83. The Labute approximate surface area is 118 Å². The SMILES string of the molecule is Cc1cc(Cl)ccc1NC(=O)CC(=O)NC(C)(C)C. The first-order valence-corrected chi connectivity index (χ1v) is 6.42. The van der Waals surface area contributed by atoms with Crippen molar-refractivity contribution >= 4 is 29.1 Å². The van der Waals surface area contributed by atoms with Crippen LogP contribution in [0.2, 0.25) is 5.02 Å². The number of amides is 2. The molecule has 19 heavy (non-hydrogen) atoms. The van der Waals surface area contributed by atoms with Gasteiger partial charge in [-0.05, 0) is 51.5 Å². The molecule has 0 radical (unpaired) electrons. The van der Waals surface area contributed by atoms with E-state index in [1.165, 1.54) is 0 Å². The third kappa shape index (κ3) is 5.75. The maximum atomic E-state index is 11.7. The molecule has 0 fully saturated rings. The Hall–Kier alpha value is -1.55. The predicted molar refractivity (Wildman–Crippen MR) is 77.3 cm³/mol. The fraction of sp³-hybridized carbons (Fsp3) is 0.429. The fourth-order valence-electron chi connectivity index (χ4n) is 1.57. The molecule has 0 aliphatic carbocycles. The Bertz CT molecular complexity index is 493. The minimum absolute atomic E-state index is 0.195. The molecule has 0 atom stereocenters. The molecule has 5 heteroatoms. The molecule has 0 aromatic heterocycles. The van der Waals surface area contributed by atoms with Crippen molar-refractivity contribution in [1.82, 2.24) is 5.32 Å². The third-order valence-corrected chi connectivity index (χ3v) is 2.53. The van der Waals surface area contributed by atoms with E-state index < -0.39 is 0 Å². The van der Waals surface area contributed by atoms with E-state index in [4.69, 9.17) is 11.6 Å². The minimum Gasteiger partial charge on any atom is -0.351 e. The summed E-state index contributed by atoms with van der Waals surface area (Å²) in [5.74, 6) is -0.635. The maximum Gasteiger partial charge on any atom is 0.233 e. The summed E-state index contributed by atoms with van der Waals surface area (Å²) < 4.78 is 0. The van der Waals surface area contributed by atoms with Crippen molar-refractivity contribution in [3.05, 3.63) is 28.8 Å².